The van der Waals surface area contributed by atoms with E-state index in [4.69, 9.17) is 4.74 Å². The summed E-state index contributed by atoms with van der Waals surface area (Å²) in [5.74, 6) is -1.60. The van der Waals surface area contributed by atoms with Crippen molar-refractivity contribution in [1.82, 2.24) is 5.06 Å². The molecule has 1 radical (unpaired) electrons. The Morgan fingerprint density at radius 1 is 1.24 bits per heavy atom. The van der Waals surface area contributed by atoms with E-state index in [0.29, 0.717) is 29.9 Å². The summed E-state index contributed by atoms with van der Waals surface area (Å²) in [4.78, 5) is 12.0. The summed E-state index contributed by atoms with van der Waals surface area (Å²) in [6.07, 6.45) is 4.35. The number of aliphatic hydroxyl groups is 3. The zero-order valence-corrected chi connectivity index (χ0v) is 20.7. The molecule has 1 aliphatic heterocycles. The fraction of sp³-hybridized carbons (Fsp3) is 0.808. The molecule has 0 spiro atoms. The number of ether oxygens (including phenoxy) is 1. The van der Waals surface area contributed by atoms with Gasteiger partial charge in [-0.25, -0.2) is 4.39 Å². The molecule has 4 aliphatic carbocycles. The summed E-state index contributed by atoms with van der Waals surface area (Å²) in [7, 11) is 0. The molecule has 0 bridgehead atoms. The number of hydrogen-bond donors (Lipinski definition) is 3. The van der Waals surface area contributed by atoms with Crippen LogP contribution in [-0.4, -0.2) is 68.0 Å². The van der Waals surface area contributed by atoms with Gasteiger partial charge in [-0.1, -0.05) is 25.5 Å². The lowest BCUT2D eigenvalue weighted by molar-refractivity contribution is -0.381. The third-order valence-electron chi connectivity index (χ3n) is 10.6. The van der Waals surface area contributed by atoms with Crippen LogP contribution in [-0.2, 0) is 14.7 Å². The molecular formula is C26H37FNO6. The van der Waals surface area contributed by atoms with Crippen LogP contribution in [0.4, 0.5) is 4.39 Å². The Labute approximate surface area is 200 Å². The van der Waals surface area contributed by atoms with Crippen molar-refractivity contribution >= 4 is 5.78 Å². The van der Waals surface area contributed by atoms with Gasteiger partial charge in [0.2, 0.25) is 0 Å². The molecule has 0 aromatic carbocycles. The molecule has 1 heterocycles. The van der Waals surface area contributed by atoms with E-state index in [-0.39, 0.29) is 24.7 Å². The molecule has 4 fully saturated rings. The van der Waals surface area contributed by atoms with E-state index in [9.17, 15) is 25.3 Å². The average Bonchev–Trinajstić information content (AvgIpc) is 3.13. The van der Waals surface area contributed by atoms with Gasteiger partial charge in [-0.3, -0.25) is 4.79 Å². The molecular weight excluding hydrogens is 441 g/mol. The third-order valence-corrected chi connectivity index (χ3v) is 10.6. The van der Waals surface area contributed by atoms with Crippen LogP contribution in [0.3, 0.4) is 0 Å². The summed E-state index contributed by atoms with van der Waals surface area (Å²) in [6.45, 7) is 8.13. The molecule has 0 aromatic heterocycles. The number of fused-ring (bicyclic) bond motifs is 5. The minimum Gasteiger partial charge on any atom is -0.392 e. The number of hydroxylamine groups is 2. The summed E-state index contributed by atoms with van der Waals surface area (Å²) in [6, 6.07) is 0. The molecule has 7 nitrogen and oxygen atoms in total. The molecule has 3 saturated carbocycles. The Kier molecular flexibility index (Phi) is 5.04. The molecule has 8 heteroatoms. The largest absolute Gasteiger partial charge is 0.392 e. The van der Waals surface area contributed by atoms with Crippen LogP contribution in [0.5, 0.6) is 0 Å². The Morgan fingerprint density at radius 3 is 2.50 bits per heavy atom. The van der Waals surface area contributed by atoms with E-state index < -0.39 is 57.9 Å². The first kappa shape index (κ1) is 24.5. The number of aliphatic hydroxyl groups excluding tert-OH is 2. The van der Waals surface area contributed by atoms with Crippen LogP contribution in [0.2, 0.25) is 0 Å². The average molecular weight is 479 g/mol. The number of carbonyl (C=O) groups excluding carboxylic acids is 1. The molecule has 189 valence electrons. The highest BCUT2D eigenvalue weighted by molar-refractivity contribution is 6.01. The maximum Gasteiger partial charge on any atom is 0.199 e. The molecule has 3 unspecified atom stereocenters. The van der Waals surface area contributed by atoms with Crippen LogP contribution >= 0.6 is 0 Å². The number of rotatable bonds is 2. The second kappa shape index (κ2) is 6.99. The predicted octanol–water partition coefficient (Wildman–Crippen LogP) is 2.48. The van der Waals surface area contributed by atoms with E-state index >= 15 is 4.39 Å². The van der Waals surface area contributed by atoms with Crippen molar-refractivity contribution in [3.8, 4) is 0 Å². The third kappa shape index (κ3) is 2.45. The number of carbonyl (C=O) groups is 1. The molecule has 5 aliphatic rings. The lowest BCUT2D eigenvalue weighted by atomic mass is 9.44. The van der Waals surface area contributed by atoms with Gasteiger partial charge in [0.1, 0.15) is 5.60 Å². The van der Waals surface area contributed by atoms with E-state index in [1.807, 2.05) is 13.8 Å². The van der Waals surface area contributed by atoms with Gasteiger partial charge in [0.05, 0.1) is 24.9 Å². The molecule has 1 saturated heterocycles. The number of ketones is 1. The Balaban J connectivity index is 1.63. The van der Waals surface area contributed by atoms with E-state index in [2.05, 4.69) is 0 Å². The summed E-state index contributed by atoms with van der Waals surface area (Å²) in [5, 5.41) is 48.7. The lowest BCUT2D eigenvalue weighted by Crippen LogP contribution is -2.75. The van der Waals surface area contributed by atoms with E-state index in [0.717, 1.165) is 0 Å². The maximum atomic E-state index is 17.3. The second-order valence-corrected chi connectivity index (χ2v) is 12.5. The van der Waals surface area contributed by atoms with Crippen molar-refractivity contribution in [2.45, 2.75) is 88.9 Å². The highest BCUT2D eigenvalue weighted by atomic mass is 19.1. The monoisotopic (exact) mass is 478 g/mol. The first-order chi connectivity index (χ1) is 15.7. The number of alkyl halides is 1. The van der Waals surface area contributed by atoms with Crippen LogP contribution in [0.1, 0.15) is 60.3 Å². The van der Waals surface area contributed by atoms with Gasteiger partial charge in [-0.05, 0) is 70.4 Å². The van der Waals surface area contributed by atoms with Gasteiger partial charge >= 0.3 is 0 Å². The van der Waals surface area contributed by atoms with Crippen LogP contribution in [0.25, 0.3) is 0 Å². The minimum atomic E-state index is -2.03. The quantitative estimate of drug-likeness (QED) is 0.563. The number of allylic oxidation sites excluding steroid dienone is 4. The highest BCUT2D eigenvalue weighted by Gasteiger charge is 2.80. The van der Waals surface area contributed by atoms with Gasteiger partial charge in [-0.15, -0.1) is 10.3 Å². The topological polar surface area (TPSA) is 110 Å². The van der Waals surface area contributed by atoms with Gasteiger partial charge in [0.25, 0.3) is 0 Å². The van der Waals surface area contributed by atoms with Gasteiger partial charge in [0, 0.05) is 16.7 Å². The van der Waals surface area contributed by atoms with Crippen molar-refractivity contribution in [1.29, 1.82) is 0 Å². The SMILES string of the molecule is C[C@@H]1CC2C3CCC4=CC(=O)C=C[C@]4(C)[C@@]3(F)[C@@H](O)C[C@]2(C)[C@@]1(O)C1(CO)OCC(C)(C)N1[O]. The summed E-state index contributed by atoms with van der Waals surface area (Å²) < 4.78 is 23.3. The van der Waals surface area contributed by atoms with Gasteiger partial charge in [0.15, 0.2) is 17.2 Å². The molecule has 34 heavy (non-hydrogen) atoms. The number of hydrogen-bond acceptors (Lipinski definition) is 6. The number of halogens is 1. The van der Waals surface area contributed by atoms with Crippen LogP contribution in [0.15, 0.2) is 23.8 Å². The Hall–Kier alpha value is -1.16. The standard InChI is InChI=1S/C26H37FNO6/c1-15-10-19-18-7-6-16-11-17(30)8-9-22(16,4)25(18,27)20(31)12-23(19,5)26(15,32)24(13-29)28(33)21(2,3)14-34-24/h8-9,11,15,18-20,29,31-32H,6-7,10,12-14H2,1-5H3/t15-,18?,19?,20+,22+,23+,24?,25+,26-/m1/s1. The van der Waals surface area contributed by atoms with E-state index in [1.165, 1.54) is 12.2 Å². The normalized spacial score (nSPS) is 54.4. The maximum absolute atomic E-state index is 17.3. The predicted molar refractivity (Wildman–Crippen MR) is 120 cm³/mol. The van der Waals surface area contributed by atoms with Crippen LogP contribution in [0, 0.1) is 28.6 Å². The Morgan fingerprint density at radius 2 is 1.91 bits per heavy atom. The van der Waals surface area contributed by atoms with Crippen LogP contribution < -0.4 is 0 Å². The van der Waals surface area contributed by atoms with Gasteiger partial charge < -0.3 is 20.1 Å². The summed E-state index contributed by atoms with van der Waals surface area (Å²) in [5.41, 5.74) is -8.21. The molecule has 3 N–H and O–H groups in total. The van der Waals surface area contributed by atoms with Crippen molar-refractivity contribution in [3.05, 3.63) is 23.8 Å². The number of nitrogens with zero attached hydrogens (tertiary/aromatic N) is 1. The minimum absolute atomic E-state index is 0.0386. The van der Waals surface area contributed by atoms with Gasteiger partial charge in [-0.2, -0.15) is 0 Å². The highest BCUT2D eigenvalue weighted by Crippen LogP contribution is 2.73. The first-order valence-electron chi connectivity index (χ1n) is 12.4. The van der Waals surface area contributed by atoms with E-state index in [1.54, 1.807) is 26.8 Å². The lowest BCUT2D eigenvalue weighted by Gasteiger charge is -2.64. The van der Waals surface area contributed by atoms with Crippen molar-refractivity contribution in [2.24, 2.45) is 28.6 Å². The molecule has 9 atom stereocenters. The second-order valence-electron chi connectivity index (χ2n) is 12.5. The zero-order valence-electron chi connectivity index (χ0n) is 20.7. The smallest absolute Gasteiger partial charge is 0.199 e. The molecule has 5 rings (SSSR count). The fourth-order valence-electron chi connectivity index (χ4n) is 8.78. The molecule has 0 aromatic rings. The molecule has 0 amide bonds. The van der Waals surface area contributed by atoms with Crippen molar-refractivity contribution in [2.75, 3.05) is 13.2 Å². The summed E-state index contributed by atoms with van der Waals surface area (Å²) >= 11 is 0. The van der Waals surface area contributed by atoms with Crippen molar-refractivity contribution < 1.29 is 34.4 Å². The fourth-order valence-corrected chi connectivity index (χ4v) is 8.78. The Bertz CT molecular complexity index is 982. The zero-order chi connectivity index (χ0) is 25.1. The first-order valence-corrected chi connectivity index (χ1v) is 12.4. The van der Waals surface area contributed by atoms with Crippen molar-refractivity contribution in [3.63, 3.8) is 0 Å².